The van der Waals surface area contributed by atoms with Crippen molar-refractivity contribution < 1.29 is 18.7 Å². The van der Waals surface area contributed by atoms with Crippen molar-refractivity contribution >= 4 is 16.8 Å². The van der Waals surface area contributed by atoms with Crippen LogP contribution in [0, 0.1) is 5.82 Å². The molecule has 1 N–H and O–H groups in total. The zero-order valence-electron chi connectivity index (χ0n) is 16.8. The Morgan fingerprint density at radius 2 is 1.68 bits per heavy atom. The number of amides is 1. The third kappa shape index (κ3) is 3.71. The highest BCUT2D eigenvalue weighted by atomic mass is 19.1. The predicted octanol–water partition coefficient (Wildman–Crippen LogP) is 3.60. The first kappa shape index (κ1) is 20.1. The number of hydrogen-bond donors (Lipinski definition) is 1. The minimum atomic E-state index is -0.599. The van der Waals surface area contributed by atoms with Gasteiger partial charge in [-0.05, 0) is 42.5 Å². The van der Waals surface area contributed by atoms with Gasteiger partial charge in [-0.3, -0.25) is 15.0 Å². The van der Waals surface area contributed by atoms with Crippen LogP contribution in [0.15, 0.2) is 71.5 Å². The Hall–Kier alpha value is -4.20. The fraction of sp³-hybridized carbons (Fsp3) is 0.0870. The summed E-state index contributed by atoms with van der Waals surface area (Å²) in [6.07, 6.45) is 0. The van der Waals surface area contributed by atoms with E-state index in [1.165, 1.54) is 44.6 Å². The minimum absolute atomic E-state index is 0.0179. The van der Waals surface area contributed by atoms with E-state index in [0.29, 0.717) is 17.0 Å². The lowest BCUT2D eigenvalue weighted by atomic mass is 10.1. The van der Waals surface area contributed by atoms with Gasteiger partial charge in [0.15, 0.2) is 17.3 Å². The Bertz CT molecular complexity index is 1350. The minimum Gasteiger partial charge on any atom is -0.493 e. The van der Waals surface area contributed by atoms with Gasteiger partial charge in [-0.15, -0.1) is 0 Å². The number of para-hydroxylation sites is 1. The molecule has 0 unspecified atom stereocenters. The van der Waals surface area contributed by atoms with Crippen molar-refractivity contribution in [1.82, 2.24) is 9.66 Å². The summed E-state index contributed by atoms with van der Waals surface area (Å²) in [6.45, 7) is 0. The number of carbonyl (C=O) groups is 1. The number of ether oxygens (including phenoxy) is 2. The van der Waals surface area contributed by atoms with Crippen molar-refractivity contribution in [2.45, 2.75) is 0 Å². The van der Waals surface area contributed by atoms with Crippen LogP contribution in [0.1, 0.15) is 10.4 Å². The van der Waals surface area contributed by atoms with Crippen molar-refractivity contribution in [1.29, 1.82) is 0 Å². The van der Waals surface area contributed by atoms with Gasteiger partial charge in [-0.1, -0.05) is 24.3 Å². The third-order valence-electron chi connectivity index (χ3n) is 4.75. The highest BCUT2D eigenvalue weighted by Gasteiger charge is 2.19. The molecule has 0 aliphatic heterocycles. The van der Waals surface area contributed by atoms with Crippen LogP contribution >= 0.6 is 0 Å². The first-order chi connectivity index (χ1) is 15.0. The van der Waals surface area contributed by atoms with Crippen LogP contribution in [-0.2, 0) is 0 Å². The van der Waals surface area contributed by atoms with E-state index < -0.39 is 17.3 Å². The molecule has 0 atom stereocenters. The number of carbonyl (C=O) groups excluding carboxylic acids is 1. The van der Waals surface area contributed by atoms with Gasteiger partial charge in [0, 0.05) is 5.56 Å². The molecule has 0 saturated carbocycles. The topological polar surface area (TPSA) is 82.5 Å². The summed E-state index contributed by atoms with van der Waals surface area (Å²) >= 11 is 0. The van der Waals surface area contributed by atoms with Crippen molar-refractivity contribution in [3.05, 3.63) is 88.5 Å². The number of fused-ring (bicyclic) bond motifs is 1. The maximum absolute atomic E-state index is 14.5. The van der Waals surface area contributed by atoms with Gasteiger partial charge >= 0.3 is 0 Å². The Morgan fingerprint density at radius 3 is 2.42 bits per heavy atom. The fourth-order valence-corrected chi connectivity index (χ4v) is 3.20. The second kappa shape index (κ2) is 8.27. The quantitative estimate of drug-likeness (QED) is 0.535. The molecule has 0 bridgehead atoms. The number of methoxy groups -OCH3 is 2. The molecular formula is C23H18FN3O4. The summed E-state index contributed by atoms with van der Waals surface area (Å²) in [5.41, 5.74) is 2.70. The summed E-state index contributed by atoms with van der Waals surface area (Å²) in [7, 11) is 2.94. The monoisotopic (exact) mass is 419 g/mol. The van der Waals surface area contributed by atoms with E-state index >= 15 is 0 Å². The highest BCUT2D eigenvalue weighted by molar-refractivity contribution is 6.01. The molecule has 8 heteroatoms. The van der Waals surface area contributed by atoms with Crippen molar-refractivity contribution in [2.75, 3.05) is 19.6 Å². The average molecular weight is 419 g/mol. The number of halogens is 1. The molecule has 0 aliphatic rings. The van der Waals surface area contributed by atoms with Gasteiger partial charge in [0.25, 0.3) is 11.5 Å². The van der Waals surface area contributed by atoms with Gasteiger partial charge in [0.2, 0.25) is 0 Å². The van der Waals surface area contributed by atoms with Crippen molar-refractivity contribution in [2.24, 2.45) is 0 Å². The maximum Gasteiger partial charge on any atom is 0.280 e. The Morgan fingerprint density at radius 1 is 0.968 bits per heavy atom. The molecule has 7 nitrogen and oxygen atoms in total. The Kier molecular flexibility index (Phi) is 5.36. The molecule has 4 aromatic rings. The van der Waals surface area contributed by atoms with E-state index in [2.05, 4.69) is 10.4 Å². The zero-order valence-corrected chi connectivity index (χ0v) is 16.8. The summed E-state index contributed by atoms with van der Waals surface area (Å²) in [6, 6.07) is 17.2. The van der Waals surface area contributed by atoms with Crippen molar-refractivity contribution in [3.8, 4) is 22.9 Å². The fourth-order valence-electron chi connectivity index (χ4n) is 3.20. The zero-order chi connectivity index (χ0) is 22.0. The molecule has 31 heavy (non-hydrogen) atoms. The van der Waals surface area contributed by atoms with E-state index in [1.807, 2.05) is 0 Å². The third-order valence-corrected chi connectivity index (χ3v) is 4.75. The first-order valence-corrected chi connectivity index (χ1v) is 9.33. The van der Waals surface area contributed by atoms with Gasteiger partial charge in [0.1, 0.15) is 5.82 Å². The van der Waals surface area contributed by atoms with Gasteiger partial charge in [0.05, 0.1) is 30.7 Å². The molecule has 0 spiro atoms. The first-order valence-electron chi connectivity index (χ1n) is 9.33. The number of aromatic nitrogens is 2. The average Bonchev–Trinajstić information content (AvgIpc) is 2.80. The van der Waals surface area contributed by atoms with Gasteiger partial charge in [-0.25, -0.2) is 9.37 Å². The molecule has 0 fully saturated rings. The van der Waals surface area contributed by atoms with Crippen LogP contribution in [0.3, 0.4) is 0 Å². The number of rotatable bonds is 5. The second-order valence-electron chi connectivity index (χ2n) is 6.58. The van der Waals surface area contributed by atoms with Crippen LogP contribution in [0.4, 0.5) is 4.39 Å². The molecule has 156 valence electrons. The Balaban J connectivity index is 1.86. The molecule has 0 radical (unpaired) electrons. The van der Waals surface area contributed by atoms with E-state index in [1.54, 1.807) is 36.4 Å². The van der Waals surface area contributed by atoms with Crippen LogP contribution in [0.5, 0.6) is 11.5 Å². The molecule has 1 aromatic heterocycles. The summed E-state index contributed by atoms with van der Waals surface area (Å²) < 4.78 is 25.9. The lowest BCUT2D eigenvalue weighted by Crippen LogP contribution is -2.35. The van der Waals surface area contributed by atoms with E-state index in [0.717, 1.165) is 4.68 Å². The largest absolute Gasteiger partial charge is 0.493 e. The second-order valence-corrected chi connectivity index (χ2v) is 6.58. The molecule has 0 aliphatic carbocycles. The highest BCUT2D eigenvalue weighted by Crippen LogP contribution is 2.28. The van der Waals surface area contributed by atoms with Crippen LogP contribution in [0.25, 0.3) is 22.3 Å². The molecule has 1 heterocycles. The summed E-state index contributed by atoms with van der Waals surface area (Å²) in [4.78, 5) is 30.6. The lowest BCUT2D eigenvalue weighted by molar-refractivity contribution is 0.101. The van der Waals surface area contributed by atoms with Crippen LogP contribution in [0.2, 0.25) is 0 Å². The van der Waals surface area contributed by atoms with Gasteiger partial charge < -0.3 is 9.47 Å². The van der Waals surface area contributed by atoms with Crippen molar-refractivity contribution in [3.63, 3.8) is 0 Å². The van der Waals surface area contributed by atoms with Crippen LogP contribution in [-0.4, -0.2) is 29.8 Å². The van der Waals surface area contributed by atoms with E-state index in [-0.39, 0.29) is 22.3 Å². The molecular weight excluding hydrogens is 401 g/mol. The number of benzene rings is 3. The SMILES string of the molecule is COc1ccc(C(=O)Nn2c(-c3ccccc3F)nc3ccccc3c2=O)cc1OC. The van der Waals surface area contributed by atoms with Crippen LogP contribution < -0.4 is 20.5 Å². The Labute approximate surface area is 176 Å². The van der Waals surface area contributed by atoms with Gasteiger partial charge in [-0.2, -0.15) is 4.68 Å². The number of nitrogens with zero attached hydrogens (tertiary/aromatic N) is 2. The summed E-state index contributed by atoms with van der Waals surface area (Å²) in [5.74, 6) is -0.378. The molecule has 1 amide bonds. The standard InChI is InChI=1S/C23H18FN3O4/c1-30-19-12-11-14(13-20(19)31-2)22(28)26-27-21(15-7-3-5-9-17(15)24)25-18-10-6-4-8-16(18)23(27)29/h3-13H,1-2H3,(H,26,28). The number of nitrogens with one attached hydrogen (secondary N) is 1. The molecule has 4 rings (SSSR count). The summed E-state index contributed by atoms with van der Waals surface area (Å²) in [5, 5.41) is 0.287. The van der Waals surface area contributed by atoms with E-state index in [4.69, 9.17) is 9.47 Å². The molecule has 0 saturated heterocycles. The number of hydrogen-bond acceptors (Lipinski definition) is 5. The maximum atomic E-state index is 14.5. The molecule has 3 aromatic carbocycles. The lowest BCUT2D eigenvalue weighted by Gasteiger charge is -2.15. The predicted molar refractivity (Wildman–Crippen MR) is 115 cm³/mol. The van der Waals surface area contributed by atoms with E-state index in [9.17, 15) is 14.0 Å². The normalized spacial score (nSPS) is 10.7. The smallest absolute Gasteiger partial charge is 0.280 e.